The first kappa shape index (κ1) is 17.8. The smallest absolute Gasteiger partial charge is 0.256 e. The van der Waals surface area contributed by atoms with Gasteiger partial charge in [-0.25, -0.2) is 8.78 Å². The van der Waals surface area contributed by atoms with Crippen molar-refractivity contribution in [1.82, 2.24) is 4.90 Å². The van der Waals surface area contributed by atoms with Gasteiger partial charge in [0.15, 0.2) is 0 Å². The molecule has 2 rings (SSSR count). The average Bonchev–Trinajstić information content (AvgIpc) is 2.32. The van der Waals surface area contributed by atoms with E-state index in [0.717, 1.165) is 0 Å². The topological polar surface area (TPSA) is 3.24 Å². The second-order valence-corrected chi connectivity index (χ2v) is 4.79. The van der Waals surface area contributed by atoms with E-state index in [1.165, 1.54) is 4.90 Å². The van der Waals surface area contributed by atoms with E-state index in [0.29, 0.717) is 27.0 Å². The molecular weight excluding hydrogens is 380 g/mol. The molecule has 6 heteroatoms. The van der Waals surface area contributed by atoms with Crippen LogP contribution in [0.3, 0.4) is 0 Å². The molecule has 0 bridgehead atoms. The predicted octanol–water partition coefficient (Wildman–Crippen LogP) is 4.79. The van der Waals surface area contributed by atoms with Crippen molar-refractivity contribution < 1.29 is 41.5 Å². The number of rotatable bonds is 3. The third kappa shape index (κ3) is 4.14. The van der Waals surface area contributed by atoms with Gasteiger partial charge in [0.05, 0.1) is 6.54 Å². The largest absolute Gasteiger partial charge is 0.370 e. The Balaban J connectivity index is 0.00000200. The minimum absolute atomic E-state index is 0. The van der Waals surface area contributed by atoms with Crippen LogP contribution in [0.15, 0.2) is 42.6 Å². The third-order valence-electron chi connectivity index (χ3n) is 2.62. The summed E-state index contributed by atoms with van der Waals surface area (Å²) in [5, 5.41) is 0.873. The summed E-state index contributed by atoms with van der Waals surface area (Å²) >= 11 is 11.9. The minimum Gasteiger partial charge on any atom is -0.370 e. The molecule has 0 atom stereocenters. The van der Waals surface area contributed by atoms with Gasteiger partial charge in [0, 0.05) is 37.7 Å². The molecular formula is C14H10Cl2F2NY-. The molecule has 0 saturated heterocycles. The Labute approximate surface area is 151 Å². The molecule has 0 aromatic heterocycles. The fraction of sp³-hybridized carbons (Fsp3) is 0.143. The van der Waals surface area contributed by atoms with Crippen LogP contribution in [0, 0.1) is 6.08 Å². The SMILES string of the molecule is C=C1C=C[C-]=C(c2ccc(Cl)cc2Cl)N1CC(F)F.[Y]. The molecule has 103 valence electrons. The molecule has 1 aliphatic rings. The van der Waals surface area contributed by atoms with Crippen LogP contribution in [0.1, 0.15) is 5.56 Å². The standard InChI is InChI=1S/C14H10Cl2F2N.Y/c1-9-3-2-4-13(19(9)8-14(17)18)11-6-5-10(15)7-12(11)16;/h2-3,5-7,14H,1,8H2;/q-1;. The van der Waals surface area contributed by atoms with Crippen LogP contribution in [0.5, 0.6) is 0 Å². The molecule has 1 aliphatic heterocycles. The molecule has 20 heavy (non-hydrogen) atoms. The molecule has 0 unspecified atom stereocenters. The summed E-state index contributed by atoms with van der Waals surface area (Å²) in [5.74, 6) is 0. The summed E-state index contributed by atoms with van der Waals surface area (Å²) < 4.78 is 25.3. The van der Waals surface area contributed by atoms with Crippen molar-refractivity contribution in [2.24, 2.45) is 0 Å². The Bertz CT molecular complexity index is 570. The van der Waals surface area contributed by atoms with Gasteiger partial charge in [-0.2, -0.15) is 12.2 Å². The normalized spacial score (nSPS) is 14.3. The number of nitrogens with zero attached hydrogens (tertiary/aromatic N) is 1. The molecule has 1 aromatic carbocycles. The van der Waals surface area contributed by atoms with Gasteiger partial charge in [0.25, 0.3) is 6.43 Å². The van der Waals surface area contributed by atoms with Gasteiger partial charge in [-0.1, -0.05) is 47.1 Å². The molecule has 1 heterocycles. The fourth-order valence-electron chi connectivity index (χ4n) is 1.78. The van der Waals surface area contributed by atoms with Gasteiger partial charge in [0.1, 0.15) is 0 Å². The molecule has 0 aliphatic carbocycles. The quantitative estimate of drug-likeness (QED) is 0.672. The number of allylic oxidation sites excluding steroid dienone is 3. The minimum atomic E-state index is -2.48. The summed E-state index contributed by atoms with van der Waals surface area (Å²) in [6.07, 6.45) is 3.69. The van der Waals surface area contributed by atoms with Crippen LogP contribution in [0.25, 0.3) is 5.70 Å². The van der Waals surface area contributed by atoms with Gasteiger partial charge >= 0.3 is 0 Å². The summed E-state index contributed by atoms with van der Waals surface area (Å²) in [7, 11) is 0. The summed E-state index contributed by atoms with van der Waals surface area (Å²) in [6, 6.07) is 4.89. The van der Waals surface area contributed by atoms with Crippen molar-refractivity contribution in [3.8, 4) is 0 Å². The maximum absolute atomic E-state index is 12.6. The Morgan fingerprint density at radius 1 is 1.30 bits per heavy atom. The van der Waals surface area contributed by atoms with Crippen molar-refractivity contribution in [3.63, 3.8) is 0 Å². The molecule has 0 N–H and O–H groups in total. The molecule has 0 fully saturated rings. The Kier molecular flexibility index (Phi) is 6.86. The number of halogens is 4. The van der Waals surface area contributed by atoms with Crippen LogP contribution in [-0.4, -0.2) is 17.9 Å². The van der Waals surface area contributed by atoms with Gasteiger partial charge in [-0.15, -0.1) is 12.1 Å². The van der Waals surface area contributed by atoms with Crippen molar-refractivity contribution in [3.05, 3.63) is 64.3 Å². The molecule has 1 aromatic rings. The molecule has 1 radical (unpaired) electrons. The zero-order chi connectivity index (χ0) is 14.0. The molecule has 0 amide bonds. The summed E-state index contributed by atoms with van der Waals surface area (Å²) in [4.78, 5) is 1.39. The summed E-state index contributed by atoms with van der Waals surface area (Å²) in [6.45, 7) is 3.29. The second-order valence-electron chi connectivity index (χ2n) is 3.94. The second kappa shape index (κ2) is 7.70. The Morgan fingerprint density at radius 3 is 2.60 bits per heavy atom. The molecule has 0 saturated carbocycles. The van der Waals surface area contributed by atoms with E-state index in [1.807, 2.05) is 0 Å². The van der Waals surface area contributed by atoms with Gasteiger partial charge in [-0.3, -0.25) is 0 Å². The van der Waals surface area contributed by atoms with Crippen LogP contribution in [-0.2, 0) is 32.7 Å². The van der Waals surface area contributed by atoms with E-state index < -0.39 is 13.0 Å². The van der Waals surface area contributed by atoms with Gasteiger partial charge in [-0.05, 0) is 16.8 Å². The zero-order valence-corrected chi connectivity index (χ0v) is 14.8. The van der Waals surface area contributed by atoms with E-state index in [4.69, 9.17) is 23.2 Å². The van der Waals surface area contributed by atoms with Crippen LogP contribution >= 0.6 is 23.2 Å². The predicted molar refractivity (Wildman–Crippen MR) is 74.1 cm³/mol. The first-order chi connectivity index (χ1) is 8.99. The Morgan fingerprint density at radius 2 is 2.00 bits per heavy atom. The van der Waals surface area contributed by atoms with Crippen molar-refractivity contribution in [2.45, 2.75) is 6.43 Å². The van der Waals surface area contributed by atoms with Crippen molar-refractivity contribution in [2.75, 3.05) is 6.54 Å². The molecule has 1 nitrogen and oxygen atoms in total. The zero-order valence-electron chi connectivity index (χ0n) is 10.4. The number of hydrogen-bond donors (Lipinski definition) is 0. The van der Waals surface area contributed by atoms with E-state index in [-0.39, 0.29) is 32.7 Å². The summed E-state index contributed by atoms with van der Waals surface area (Å²) in [5.41, 5.74) is 1.53. The number of hydrogen-bond acceptors (Lipinski definition) is 1. The van der Waals surface area contributed by atoms with Crippen LogP contribution in [0.2, 0.25) is 10.0 Å². The van der Waals surface area contributed by atoms with E-state index >= 15 is 0 Å². The first-order valence-electron chi connectivity index (χ1n) is 5.49. The maximum atomic E-state index is 12.6. The van der Waals surface area contributed by atoms with Crippen LogP contribution in [0.4, 0.5) is 8.78 Å². The van der Waals surface area contributed by atoms with Gasteiger partial charge in [0.2, 0.25) is 0 Å². The van der Waals surface area contributed by atoms with Gasteiger partial charge < -0.3 is 4.90 Å². The third-order valence-corrected chi connectivity index (χ3v) is 3.17. The number of alkyl halides is 2. The van der Waals surface area contributed by atoms with E-state index in [1.54, 1.807) is 30.4 Å². The first-order valence-corrected chi connectivity index (χ1v) is 6.24. The number of benzene rings is 1. The maximum Gasteiger partial charge on any atom is 0.256 e. The Hall–Kier alpha value is -0.216. The van der Waals surface area contributed by atoms with Crippen molar-refractivity contribution in [1.29, 1.82) is 0 Å². The van der Waals surface area contributed by atoms with Crippen molar-refractivity contribution >= 4 is 28.9 Å². The molecule has 0 spiro atoms. The average molecular weight is 390 g/mol. The fourth-order valence-corrected chi connectivity index (χ4v) is 2.28. The monoisotopic (exact) mass is 389 g/mol. The van der Waals surface area contributed by atoms with E-state index in [9.17, 15) is 8.78 Å². The van der Waals surface area contributed by atoms with E-state index in [2.05, 4.69) is 12.7 Å². The van der Waals surface area contributed by atoms with Crippen LogP contribution < -0.4 is 0 Å².